The van der Waals surface area contributed by atoms with Crippen LogP contribution >= 0.6 is 0 Å². The van der Waals surface area contributed by atoms with Crippen molar-refractivity contribution in [1.29, 1.82) is 0 Å². The summed E-state index contributed by atoms with van der Waals surface area (Å²) in [4.78, 5) is 12.9. The lowest BCUT2D eigenvalue weighted by Gasteiger charge is -2.46. The highest BCUT2D eigenvalue weighted by atomic mass is 19.4. The zero-order valence-electron chi connectivity index (χ0n) is 14.9. The van der Waals surface area contributed by atoms with E-state index in [1.54, 1.807) is 12.3 Å². The first-order valence-electron chi connectivity index (χ1n) is 8.86. The van der Waals surface area contributed by atoms with Gasteiger partial charge in [-0.05, 0) is 25.0 Å². The molecule has 1 unspecified atom stereocenters. The van der Waals surface area contributed by atoms with Crippen molar-refractivity contribution in [3.05, 3.63) is 58.4 Å². The summed E-state index contributed by atoms with van der Waals surface area (Å²) in [6.45, 7) is 3.76. The van der Waals surface area contributed by atoms with Crippen LogP contribution in [-0.2, 0) is 16.4 Å². The lowest BCUT2D eigenvalue weighted by molar-refractivity contribution is -0.137. The van der Waals surface area contributed by atoms with E-state index in [1.807, 2.05) is 13.8 Å². The van der Waals surface area contributed by atoms with Crippen LogP contribution in [0.4, 0.5) is 13.2 Å². The molecule has 0 saturated carbocycles. The molecule has 3 aliphatic heterocycles. The molecular weight excluding hydrogens is 357 g/mol. The summed E-state index contributed by atoms with van der Waals surface area (Å²) in [5, 5.41) is 14.3. The Hall–Kier alpha value is -2.64. The van der Waals surface area contributed by atoms with Gasteiger partial charge >= 0.3 is 6.18 Å². The largest absolute Gasteiger partial charge is 0.416 e. The standard InChI is InChI=1S/C19H19F3N4O/c1-3-18(11-5-4-6-12(8-11)19(20,21)22)13-9-23-26-16(13)25-14-7-10(2)24-17(27)15(14)18/h4-6,8-10,16,25H,3,7H2,1-2H3,(H,24,27)/t10-,16?,18+/m0/s1. The second-order valence-corrected chi connectivity index (χ2v) is 7.13. The molecule has 4 rings (SSSR count). The molecule has 0 fully saturated rings. The second kappa shape index (κ2) is 5.94. The highest BCUT2D eigenvalue weighted by Gasteiger charge is 2.52. The van der Waals surface area contributed by atoms with E-state index in [4.69, 9.17) is 0 Å². The highest BCUT2D eigenvalue weighted by molar-refractivity contribution is 5.99. The van der Waals surface area contributed by atoms with E-state index in [0.29, 0.717) is 29.6 Å². The monoisotopic (exact) mass is 376 g/mol. The molecule has 3 aliphatic rings. The summed E-state index contributed by atoms with van der Waals surface area (Å²) in [5.74, 6) is -0.262. The number of fused-ring (bicyclic) bond motifs is 1. The quantitative estimate of drug-likeness (QED) is 0.825. The van der Waals surface area contributed by atoms with Crippen molar-refractivity contribution in [2.75, 3.05) is 0 Å². The first kappa shape index (κ1) is 17.8. The molecule has 3 atom stereocenters. The number of benzene rings is 1. The molecule has 0 bridgehead atoms. The summed E-state index contributed by atoms with van der Waals surface area (Å²) in [5.41, 5.74) is 0.600. The topological polar surface area (TPSA) is 65.8 Å². The SMILES string of the molecule is CC[C@@]1(c2cccc(C(F)(F)F)c2)C2=CN=NC2NC2=C1C(=O)N[C@@H](C)C2. The van der Waals surface area contributed by atoms with E-state index in [9.17, 15) is 18.0 Å². The van der Waals surface area contributed by atoms with Crippen molar-refractivity contribution in [3.63, 3.8) is 0 Å². The molecule has 0 saturated heterocycles. The number of halogens is 3. The molecule has 3 heterocycles. The minimum Gasteiger partial charge on any atom is -0.362 e. The van der Waals surface area contributed by atoms with Gasteiger partial charge in [-0.15, -0.1) is 0 Å². The minimum absolute atomic E-state index is 0.0660. The summed E-state index contributed by atoms with van der Waals surface area (Å²) in [6.07, 6.45) is -2.37. The van der Waals surface area contributed by atoms with Crippen LogP contribution in [0.1, 0.15) is 37.8 Å². The van der Waals surface area contributed by atoms with Crippen LogP contribution in [0.25, 0.3) is 0 Å². The van der Waals surface area contributed by atoms with Crippen molar-refractivity contribution >= 4 is 5.91 Å². The number of amides is 1. The van der Waals surface area contributed by atoms with Crippen LogP contribution in [0.5, 0.6) is 0 Å². The molecule has 0 aliphatic carbocycles. The molecular formula is C19H19F3N4O. The van der Waals surface area contributed by atoms with Gasteiger partial charge in [-0.3, -0.25) is 4.79 Å². The van der Waals surface area contributed by atoms with E-state index in [-0.39, 0.29) is 11.9 Å². The number of carbonyl (C=O) groups excluding carboxylic acids is 1. The minimum atomic E-state index is -4.46. The predicted molar refractivity (Wildman–Crippen MR) is 92.5 cm³/mol. The van der Waals surface area contributed by atoms with Crippen LogP contribution in [0.15, 0.2) is 57.5 Å². The zero-order valence-corrected chi connectivity index (χ0v) is 14.9. The van der Waals surface area contributed by atoms with Crippen LogP contribution < -0.4 is 10.6 Å². The molecule has 0 spiro atoms. The Balaban J connectivity index is 1.98. The van der Waals surface area contributed by atoms with Crippen LogP contribution in [-0.4, -0.2) is 18.1 Å². The fourth-order valence-corrected chi connectivity index (χ4v) is 4.39. The van der Waals surface area contributed by atoms with Gasteiger partial charge in [0.1, 0.15) is 0 Å². The summed E-state index contributed by atoms with van der Waals surface area (Å²) in [6, 6.07) is 5.15. The van der Waals surface area contributed by atoms with Gasteiger partial charge < -0.3 is 10.6 Å². The Kier molecular flexibility index (Phi) is 3.90. The molecule has 0 radical (unpaired) electrons. The molecule has 1 amide bonds. The van der Waals surface area contributed by atoms with Crippen molar-refractivity contribution in [3.8, 4) is 0 Å². The molecule has 1 aromatic carbocycles. The Labute approximate surface area is 154 Å². The fourth-order valence-electron chi connectivity index (χ4n) is 4.39. The van der Waals surface area contributed by atoms with E-state index in [0.717, 1.165) is 17.8 Å². The average Bonchev–Trinajstić information content (AvgIpc) is 3.07. The number of nitrogens with one attached hydrogen (secondary N) is 2. The fraction of sp³-hybridized carbons (Fsp3) is 0.421. The molecule has 0 aromatic heterocycles. The maximum absolute atomic E-state index is 13.3. The van der Waals surface area contributed by atoms with Crippen LogP contribution in [0, 0.1) is 0 Å². The van der Waals surface area contributed by atoms with Crippen molar-refractivity contribution in [2.24, 2.45) is 10.2 Å². The lowest BCUT2D eigenvalue weighted by Crippen LogP contribution is -2.55. The summed E-state index contributed by atoms with van der Waals surface area (Å²) in [7, 11) is 0. The van der Waals surface area contributed by atoms with Gasteiger partial charge in [0.05, 0.1) is 22.8 Å². The van der Waals surface area contributed by atoms with Gasteiger partial charge in [0.2, 0.25) is 5.91 Å². The number of azo groups is 1. The number of hydrogen-bond donors (Lipinski definition) is 2. The number of hydrogen-bond acceptors (Lipinski definition) is 4. The van der Waals surface area contributed by atoms with Gasteiger partial charge in [0, 0.05) is 23.7 Å². The van der Waals surface area contributed by atoms with Gasteiger partial charge in [-0.2, -0.15) is 23.4 Å². The number of carbonyl (C=O) groups is 1. The summed E-state index contributed by atoms with van der Waals surface area (Å²) < 4.78 is 40.0. The average molecular weight is 376 g/mol. The number of rotatable bonds is 2. The van der Waals surface area contributed by atoms with Crippen molar-refractivity contribution < 1.29 is 18.0 Å². The van der Waals surface area contributed by atoms with Gasteiger partial charge in [0.25, 0.3) is 0 Å². The Morgan fingerprint density at radius 3 is 2.78 bits per heavy atom. The first-order chi connectivity index (χ1) is 12.8. The lowest BCUT2D eigenvalue weighted by atomic mass is 9.62. The zero-order chi connectivity index (χ0) is 19.4. The van der Waals surface area contributed by atoms with Gasteiger partial charge in [-0.25, -0.2) is 0 Å². The highest BCUT2D eigenvalue weighted by Crippen LogP contribution is 2.51. The van der Waals surface area contributed by atoms with Crippen LogP contribution in [0.2, 0.25) is 0 Å². The molecule has 2 N–H and O–H groups in total. The maximum Gasteiger partial charge on any atom is 0.416 e. The number of alkyl halides is 3. The van der Waals surface area contributed by atoms with E-state index in [1.165, 1.54) is 6.07 Å². The Bertz CT molecular complexity index is 902. The molecule has 5 nitrogen and oxygen atoms in total. The predicted octanol–water partition coefficient (Wildman–Crippen LogP) is 3.79. The molecule has 1 aromatic rings. The Morgan fingerprint density at radius 2 is 2.07 bits per heavy atom. The molecule has 8 heteroatoms. The third-order valence-electron chi connectivity index (χ3n) is 5.53. The van der Waals surface area contributed by atoms with Crippen molar-refractivity contribution in [1.82, 2.24) is 10.6 Å². The van der Waals surface area contributed by atoms with E-state index in [2.05, 4.69) is 20.9 Å². The third-order valence-corrected chi connectivity index (χ3v) is 5.53. The smallest absolute Gasteiger partial charge is 0.362 e. The second-order valence-electron chi connectivity index (χ2n) is 7.13. The third kappa shape index (κ3) is 2.57. The van der Waals surface area contributed by atoms with Crippen molar-refractivity contribution in [2.45, 2.75) is 50.5 Å². The first-order valence-corrected chi connectivity index (χ1v) is 8.86. The molecule has 142 valence electrons. The van der Waals surface area contributed by atoms with Gasteiger partial charge in [0.15, 0.2) is 6.17 Å². The maximum atomic E-state index is 13.3. The summed E-state index contributed by atoms with van der Waals surface area (Å²) >= 11 is 0. The van der Waals surface area contributed by atoms with E-state index >= 15 is 0 Å². The van der Waals surface area contributed by atoms with Gasteiger partial charge in [-0.1, -0.05) is 25.1 Å². The Morgan fingerprint density at radius 1 is 1.30 bits per heavy atom. The van der Waals surface area contributed by atoms with E-state index < -0.39 is 23.3 Å². The normalized spacial score (nSPS) is 29.7. The molecule has 27 heavy (non-hydrogen) atoms. The number of nitrogens with zero attached hydrogens (tertiary/aromatic N) is 2. The van der Waals surface area contributed by atoms with Crippen LogP contribution in [0.3, 0.4) is 0 Å².